The van der Waals surface area contributed by atoms with Crippen molar-refractivity contribution in [2.45, 2.75) is 12.8 Å². The maximum absolute atomic E-state index is 5.90. The quantitative estimate of drug-likeness (QED) is 0.740. The molecule has 0 aliphatic carbocycles. The zero-order valence-electron chi connectivity index (χ0n) is 10.3. The molecular formula is C13H22N2S. The van der Waals surface area contributed by atoms with Gasteiger partial charge in [-0.15, -0.1) is 0 Å². The number of rotatable bonds is 7. The minimum Gasteiger partial charge on any atom is -0.399 e. The third kappa shape index (κ3) is 4.90. The summed E-state index contributed by atoms with van der Waals surface area (Å²) >= 11 is 1.90. The predicted molar refractivity (Wildman–Crippen MR) is 75.1 cm³/mol. The molecule has 16 heavy (non-hydrogen) atoms. The smallest absolute Gasteiger partial charge is 0.0346 e. The molecule has 0 aromatic heterocycles. The molecule has 3 heteroatoms. The van der Waals surface area contributed by atoms with Crippen molar-refractivity contribution in [2.24, 2.45) is 0 Å². The maximum Gasteiger partial charge on any atom is 0.0346 e. The Bertz CT molecular complexity index is 302. The molecule has 1 rings (SSSR count). The molecule has 0 saturated heterocycles. The molecule has 0 spiro atoms. The predicted octanol–water partition coefficient (Wildman–Crippen LogP) is 2.50. The normalized spacial score (nSPS) is 10.9. The van der Waals surface area contributed by atoms with Crippen molar-refractivity contribution in [3.8, 4) is 0 Å². The molecule has 1 aromatic carbocycles. The van der Waals surface area contributed by atoms with Crippen molar-refractivity contribution in [1.29, 1.82) is 0 Å². The first-order chi connectivity index (χ1) is 7.74. The van der Waals surface area contributed by atoms with Crippen LogP contribution in [0.25, 0.3) is 0 Å². The lowest BCUT2D eigenvalue weighted by Gasteiger charge is -2.15. The number of nitrogens with zero attached hydrogens (tertiary/aromatic N) is 1. The van der Waals surface area contributed by atoms with E-state index in [4.69, 9.17) is 5.73 Å². The Kier molecular flexibility index (Phi) is 6.34. The van der Waals surface area contributed by atoms with Crippen LogP contribution in [0, 0.1) is 0 Å². The van der Waals surface area contributed by atoms with Crippen LogP contribution in [0.4, 0.5) is 5.69 Å². The number of aryl methyl sites for hydroxylation is 1. The lowest BCUT2D eigenvalue weighted by Crippen LogP contribution is -2.22. The largest absolute Gasteiger partial charge is 0.399 e. The first kappa shape index (κ1) is 13.4. The summed E-state index contributed by atoms with van der Waals surface area (Å²) in [7, 11) is 2.19. The summed E-state index contributed by atoms with van der Waals surface area (Å²) in [5.74, 6) is 1.21. The Hall–Kier alpha value is -0.670. The van der Waals surface area contributed by atoms with E-state index in [1.165, 1.54) is 24.3 Å². The van der Waals surface area contributed by atoms with Crippen LogP contribution in [0.1, 0.15) is 12.0 Å². The second-order valence-corrected chi connectivity index (χ2v) is 5.08. The lowest BCUT2D eigenvalue weighted by atomic mass is 10.1. The molecule has 0 aliphatic heterocycles. The average molecular weight is 238 g/mol. The summed E-state index contributed by atoms with van der Waals surface area (Å²) in [6.45, 7) is 2.32. The van der Waals surface area contributed by atoms with E-state index in [1.807, 2.05) is 23.9 Å². The molecule has 0 saturated carbocycles. The molecule has 2 N–H and O–H groups in total. The van der Waals surface area contributed by atoms with Crippen LogP contribution in [-0.4, -0.2) is 37.0 Å². The number of para-hydroxylation sites is 1. The van der Waals surface area contributed by atoms with E-state index < -0.39 is 0 Å². The van der Waals surface area contributed by atoms with Gasteiger partial charge in [-0.3, -0.25) is 0 Å². The van der Waals surface area contributed by atoms with E-state index in [2.05, 4.69) is 30.3 Å². The fourth-order valence-corrected chi connectivity index (χ4v) is 2.15. The number of hydrogen-bond acceptors (Lipinski definition) is 3. The van der Waals surface area contributed by atoms with Gasteiger partial charge in [0.1, 0.15) is 0 Å². The Labute approximate surface area is 103 Å². The van der Waals surface area contributed by atoms with Crippen LogP contribution in [0.15, 0.2) is 24.3 Å². The van der Waals surface area contributed by atoms with Gasteiger partial charge in [-0.2, -0.15) is 11.8 Å². The molecule has 0 radical (unpaired) electrons. The van der Waals surface area contributed by atoms with Crippen molar-refractivity contribution >= 4 is 17.4 Å². The van der Waals surface area contributed by atoms with Gasteiger partial charge in [-0.05, 0) is 44.3 Å². The number of hydrogen-bond donors (Lipinski definition) is 1. The van der Waals surface area contributed by atoms with Crippen molar-refractivity contribution in [3.05, 3.63) is 29.8 Å². The summed E-state index contributed by atoms with van der Waals surface area (Å²) in [5, 5.41) is 0. The van der Waals surface area contributed by atoms with Crippen LogP contribution >= 0.6 is 11.8 Å². The summed E-state index contributed by atoms with van der Waals surface area (Å²) < 4.78 is 0. The van der Waals surface area contributed by atoms with Gasteiger partial charge in [0.05, 0.1) is 0 Å². The zero-order valence-corrected chi connectivity index (χ0v) is 11.1. The number of anilines is 1. The molecule has 0 fully saturated rings. The molecule has 0 bridgehead atoms. The minimum absolute atomic E-state index is 0.925. The Morgan fingerprint density at radius 2 is 2.00 bits per heavy atom. The van der Waals surface area contributed by atoms with E-state index in [-0.39, 0.29) is 0 Å². The second kappa shape index (κ2) is 7.58. The Morgan fingerprint density at radius 3 is 2.69 bits per heavy atom. The molecule has 0 heterocycles. The molecule has 0 atom stereocenters. The molecule has 1 aromatic rings. The van der Waals surface area contributed by atoms with Crippen molar-refractivity contribution in [3.63, 3.8) is 0 Å². The van der Waals surface area contributed by atoms with Crippen LogP contribution in [0.5, 0.6) is 0 Å². The van der Waals surface area contributed by atoms with E-state index in [0.717, 1.165) is 18.7 Å². The summed E-state index contributed by atoms with van der Waals surface area (Å²) in [5.41, 5.74) is 8.10. The van der Waals surface area contributed by atoms with E-state index in [1.54, 1.807) is 0 Å². The highest BCUT2D eigenvalue weighted by Crippen LogP contribution is 2.12. The SMILES string of the molecule is CSCCN(C)CCCc1ccccc1N. The molecule has 0 aliphatic rings. The minimum atomic E-state index is 0.925. The van der Waals surface area contributed by atoms with Crippen LogP contribution < -0.4 is 5.73 Å². The highest BCUT2D eigenvalue weighted by Gasteiger charge is 2.00. The van der Waals surface area contributed by atoms with E-state index in [0.29, 0.717) is 0 Å². The number of nitrogens with two attached hydrogens (primary N) is 1. The summed E-state index contributed by atoms with van der Waals surface area (Å²) in [6, 6.07) is 8.15. The van der Waals surface area contributed by atoms with Crippen molar-refractivity contribution in [1.82, 2.24) is 4.90 Å². The lowest BCUT2D eigenvalue weighted by molar-refractivity contribution is 0.350. The van der Waals surface area contributed by atoms with Gasteiger partial charge < -0.3 is 10.6 Å². The molecule has 2 nitrogen and oxygen atoms in total. The summed E-state index contributed by atoms with van der Waals surface area (Å²) in [6.07, 6.45) is 4.41. The third-order valence-electron chi connectivity index (χ3n) is 2.72. The number of nitrogen functional groups attached to an aromatic ring is 1. The van der Waals surface area contributed by atoms with E-state index in [9.17, 15) is 0 Å². The molecule has 0 amide bonds. The van der Waals surface area contributed by atoms with Gasteiger partial charge in [-0.1, -0.05) is 18.2 Å². The van der Waals surface area contributed by atoms with Crippen molar-refractivity contribution in [2.75, 3.05) is 37.9 Å². The van der Waals surface area contributed by atoms with E-state index >= 15 is 0 Å². The maximum atomic E-state index is 5.90. The first-order valence-corrected chi connectivity index (χ1v) is 7.14. The van der Waals surface area contributed by atoms with Crippen LogP contribution in [-0.2, 0) is 6.42 Å². The monoisotopic (exact) mass is 238 g/mol. The third-order valence-corrected chi connectivity index (χ3v) is 3.31. The topological polar surface area (TPSA) is 29.3 Å². The molecule has 0 unspecified atom stereocenters. The van der Waals surface area contributed by atoms with Crippen molar-refractivity contribution < 1.29 is 0 Å². The van der Waals surface area contributed by atoms with Gasteiger partial charge in [0.15, 0.2) is 0 Å². The fraction of sp³-hybridized carbons (Fsp3) is 0.538. The van der Waals surface area contributed by atoms with Crippen LogP contribution in [0.2, 0.25) is 0 Å². The van der Waals surface area contributed by atoms with Gasteiger partial charge in [0.25, 0.3) is 0 Å². The number of benzene rings is 1. The molecule has 90 valence electrons. The second-order valence-electron chi connectivity index (χ2n) is 4.10. The Morgan fingerprint density at radius 1 is 1.25 bits per heavy atom. The first-order valence-electron chi connectivity index (χ1n) is 5.75. The average Bonchev–Trinajstić information content (AvgIpc) is 2.29. The highest BCUT2D eigenvalue weighted by atomic mass is 32.2. The van der Waals surface area contributed by atoms with Gasteiger partial charge in [0.2, 0.25) is 0 Å². The standard InChI is InChI=1S/C13H22N2S/c1-15(10-11-16-2)9-5-7-12-6-3-4-8-13(12)14/h3-4,6,8H,5,7,9-11,14H2,1-2H3. The molecular weight excluding hydrogens is 216 g/mol. The Balaban J connectivity index is 2.23. The van der Waals surface area contributed by atoms with Gasteiger partial charge in [0, 0.05) is 18.0 Å². The van der Waals surface area contributed by atoms with Gasteiger partial charge >= 0.3 is 0 Å². The zero-order chi connectivity index (χ0) is 11.8. The fourth-order valence-electron chi connectivity index (χ4n) is 1.66. The van der Waals surface area contributed by atoms with Gasteiger partial charge in [-0.25, -0.2) is 0 Å². The van der Waals surface area contributed by atoms with Crippen LogP contribution in [0.3, 0.4) is 0 Å². The number of thioether (sulfide) groups is 1. The highest BCUT2D eigenvalue weighted by molar-refractivity contribution is 7.98. The summed E-state index contributed by atoms with van der Waals surface area (Å²) in [4.78, 5) is 2.38.